The summed E-state index contributed by atoms with van der Waals surface area (Å²) in [7, 11) is 0. The fraction of sp³-hybridized carbons (Fsp3) is 0.111. The summed E-state index contributed by atoms with van der Waals surface area (Å²) in [6, 6.07) is 14.9. The minimum Gasteiger partial charge on any atom is -0.478 e. The molecule has 0 saturated heterocycles. The van der Waals surface area contributed by atoms with Crippen molar-refractivity contribution < 1.29 is 9.90 Å². The van der Waals surface area contributed by atoms with Crippen LogP contribution in [0.2, 0.25) is 0 Å². The third-order valence-electron chi connectivity index (χ3n) is 3.70. The number of carboxylic acids is 1. The van der Waals surface area contributed by atoms with Crippen molar-refractivity contribution in [1.82, 2.24) is 9.55 Å². The number of carbonyl (C=O) groups is 1. The molecule has 22 heavy (non-hydrogen) atoms. The molecule has 0 saturated carbocycles. The third kappa shape index (κ3) is 2.39. The largest absolute Gasteiger partial charge is 0.478 e. The molecule has 0 atom stereocenters. The van der Waals surface area contributed by atoms with Gasteiger partial charge in [0.2, 0.25) is 0 Å². The van der Waals surface area contributed by atoms with E-state index in [2.05, 4.69) is 35.5 Å². The lowest BCUT2D eigenvalue weighted by molar-refractivity contribution is 0.0697. The Morgan fingerprint density at radius 1 is 1.00 bits per heavy atom. The Morgan fingerprint density at radius 3 is 2.23 bits per heavy atom. The van der Waals surface area contributed by atoms with Gasteiger partial charge in [0.1, 0.15) is 0 Å². The van der Waals surface area contributed by atoms with E-state index in [1.165, 1.54) is 0 Å². The van der Waals surface area contributed by atoms with E-state index < -0.39 is 5.97 Å². The quantitative estimate of drug-likeness (QED) is 0.797. The van der Waals surface area contributed by atoms with Crippen molar-refractivity contribution in [3.63, 3.8) is 0 Å². The number of aryl methyl sites for hydroxylation is 2. The predicted molar refractivity (Wildman–Crippen MR) is 85.4 cm³/mol. The molecular formula is C18H16N2O2. The molecule has 2 aromatic heterocycles. The Kier molecular flexibility index (Phi) is 3.51. The van der Waals surface area contributed by atoms with Gasteiger partial charge in [-0.1, -0.05) is 12.1 Å². The van der Waals surface area contributed by atoms with Gasteiger partial charge in [0.25, 0.3) is 0 Å². The summed E-state index contributed by atoms with van der Waals surface area (Å²) in [6.07, 6.45) is 1.75. The molecule has 1 N–H and O–H groups in total. The topological polar surface area (TPSA) is 55.1 Å². The average Bonchev–Trinajstić information content (AvgIpc) is 2.86. The van der Waals surface area contributed by atoms with Crippen LogP contribution in [0.3, 0.4) is 0 Å². The second-order valence-corrected chi connectivity index (χ2v) is 5.21. The van der Waals surface area contributed by atoms with E-state index in [1.54, 1.807) is 30.5 Å². The Balaban J connectivity index is 2.15. The fourth-order valence-corrected chi connectivity index (χ4v) is 2.62. The van der Waals surface area contributed by atoms with E-state index in [4.69, 9.17) is 5.11 Å². The van der Waals surface area contributed by atoms with Crippen molar-refractivity contribution in [3.05, 3.63) is 71.7 Å². The van der Waals surface area contributed by atoms with Crippen LogP contribution in [0.4, 0.5) is 0 Å². The van der Waals surface area contributed by atoms with Crippen LogP contribution in [0.15, 0.2) is 54.7 Å². The number of benzene rings is 1. The summed E-state index contributed by atoms with van der Waals surface area (Å²) in [5.74, 6) is -0.926. The van der Waals surface area contributed by atoms with E-state index in [9.17, 15) is 4.79 Å². The summed E-state index contributed by atoms with van der Waals surface area (Å²) in [5.41, 5.74) is 5.26. The molecule has 0 fully saturated rings. The first-order valence-electron chi connectivity index (χ1n) is 7.02. The van der Waals surface area contributed by atoms with Crippen LogP contribution in [-0.2, 0) is 0 Å². The number of pyridine rings is 1. The van der Waals surface area contributed by atoms with Crippen LogP contribution < -0.4 is 0 Å². The summed E-state index contributed by atoms with van der Waals surface area (Å²) in [5, 5.41) is 9.00. The third-order valence-corrected chi connectivity index (χ3v) is 3.70. The number of hydrogen-bond acceptors (Lipinski definition) is 2. The Labute approximate surface area is 128 Å². The van der Waals surface area contributed by atoms with Crippen LogP contribution in [-0.4, -0.2) is 20.6 Å². The molecule has 2 heterocycles. The second-order valence-electron chi connectivity index (χ2n) is 5.21. The highest BCUT2D eigenvalue weighted by atomic mass is 16.4. The summed E-state index contributed by atoms with van der Waals surface area (Å²) in [6.45, 7) is 4.11. The smallest absolute Gasteiger partial charge is 0.335 e. The molecule has 0 unspecified atom stereocenters. The molecule has 1 aromatic carbocycles. The highest BCUT2D eigenvalue weighted by Crippen LogP contribution is 2.27. The monoisotopic (exact) mass is 292 g/mol. The number of aromatic carboxylic acids is 1. The fourth-order valence-electron chi connectivity index (χ4n) is 2.62. The van der Waals surface area contributed by atoms with E-state index >= 15 is 0 Å². The number of hydrogen-bond donors (Lipinski definition) is 1. The first kappa shape index (κ1) is 14.1. The molecule has 0 aliphatic rings. The van der Waals surface area contributed by atoms with Gasteiger partial charge in [0.05, 0.1) is 16.9 Å². The highest BCUT2D eigenvalue weighted by Gasteiger charge is 2.12. The van der Waals surface area contributed by atoms with Crippen molar-refractivity contribution >= 4 is 5.97 Å². The molecule has 3 aromatic rings. The van der Waals surface area contributed by atoms with Crippen molar-refractivity contribution in [1.29, 1.82) is 0 Å². The van der Waals surface area contributed by atoms with Crippen molar-refractivity contribution in [2.45, 2.75) is 13.8 Å². The first-order chi connectivity index (χ1) is 10.6. The average molecular weight is 292 g/mol. The van der Waals surface area contributed by atoms with Gasteiger partial charge in [-0.3, -0.25) is 4.98 Å². The molecule has 0 amide bonds. The van der Waals surface area contributed by atoms with E-state index in [-0.39, 0.29) is 5.56 Å². The van der Waals surface area contributed by atoms with Gasteiger partial charge in [-0.05, 0) is 50.2 Å². The van der Waals surface area contributed by atoms with Crippen LogP contribution in [0.5, 0.6) is 0 Å². The number of carboxylic acid groups (broad SMARTS) is 1. The first-order valence-corrected chi connectivity index (χ1v) is 7.02. The van der Waals surface area contributed by atoms with Gasteiger partial charge in [0.15, 0.2) is 0 Å². The number of rotatable bonds is 3. The van der Waals surface area contributed by atoms with Gasteiger partial charge < -0.3 is 9.67 Å². The lowest BCUT2D eigenvalue weighted by Gasteiger charge is -2.14. The zero-order valence-electron chi connectivity index (χ0n) is 12.4. The van der Waals surface area contributed by atoms with E-state index in [0.29, 0.717) is 0 Å². The molecule has 110 valence electrons. The molecule has 4 nitrogen and oxygen atoms in total. The standard InChI is InChI=1S/C18H16N2O2/c1-12-5-6-13(2)20(12)16-4-3-11-19-17(16)14-7-9-15(10-8-14)18(21)22/h3-11H,1-2H3,(H,21,22). The van der Waals surface area contributed by atoms with Crippen molar-refractivity contribution in [3.8, 4) is 16.9 Å². The zero-order valence-corrected chi connectivity index (χ0v) is 12.4. The van der Waals surface area contributed by atoms with Gasteiger partial charge >= 0.3 is 5.97 Å². The summed E-state index contributed by atoms with van der Waals surface area (Å²) < 4.78 is 2.15. The molecule has 0 aliphatic carbocycles. The van der Waals surface area contributed by atoms with Gasteiger partial charge in [-0.25, -0.2) is 4.79 Å². The van der Waals surface area contributed by atoms with E-state index in [0.717, 1.165) is 28.3 Å². The normalized spacial score (nSPS) is 10.6. The Hall–Kier alpha value is -2.88. The van der Waals surface area contributed by atoms with Crippen LogP contribution in [0.1, 0.15) is 21.7 Å². The molecule has 0 aliphatic heterocycles. The maximum atomic E-state index is 11.0. The van der Waals surface area contributed by atoms with Crippen LogP contribution in [0.25, 0.3) is 16.9 Å². The van der Waals surface area contributed by atoms with Crippen LogP contribution >= 0.6 is 0 Å². The van der Waals surface area contributed by atoms with Gasteiger partial charge in [0, 0.05) is 23.1 Å². The Bertz CT molecular complexity index is 813. The number of aromatic nitrogens is 2. The minimum absolute atomic E-state index is 0.273. The van der Waals surface area contributed by atoms with Crippen LogP contribution in [0, 0.1) is 13.8 Å². The SMILES string of the molecule is Cc1ccc(C)n1-c1cccnc1-c1ccc(C(=O)O)cc1. The minimum atomic E-state index is -0.926. The summed E-state index contributed by atoms with van der Waals surface area (Å²) >= 11 is 0. The van der Waals surface area contributed by atoms with Crippen molar-refractivity contribution in [2.75, 3.05) is 0 Å². The zero-order chi connectivity index (χ0) is 15.7. The molecule has 0 spiro atoms. The lowest BCUT2D eigenvalue weighted by atomic mass is 10.1. The summed E-state index contributed by atoms with van der Waals surface area (Å²) in [4.78, 5) is 15.5. The van der Waals surface area contributed by atoms with Crippen molar-refractivity contribution in [2.24, 2.45) is 0 Å². The second kappa shape index (κ2) is 5.48. The number of nitrogens with zero attached hydrogens (tertiary/aromatic N) is 2. The maximum Gasteiger partial charge on any atom is 0.335 e. The predicted octanol–water partition coefficient (Wildman–Crippen LogP) is 3.85. The lowest BCUT2D eigenvalue weighted by Crippen LogP contribution is -2.02. The Morgan fingerprint density at radius 2 is 1.64 bits per heavy atom. The maximum absolute atomic E-state index is 11.0. The molecule has 0 radical (unpaired) electrons. The molecular weight excluding hydrogens is 276 g/mol. The van der Waals surface area contributed by atoms with Gasteiger partial charge in [-0.2, -0.15) is 0 Å². The molecule has 0 bridgehead atoms. The van der Waals surface area contributed by atoms with Gasteiger partial charge in [-0.15, -0.1) is 0 Å². The van der Waals surface area contributed by atoms with E-state index in [1.807, 2.05) is 12.1 Å². The highest BCUT2D eigenvalue weighted by molar-refractivity contribution is 5.88. The molecule has 4 heteroatoms. The molecule has 3 rings (SSSR count).